The molecule has 0 bridgehead atoms. The number of nitrogens with zero attached hydrogens (tertiary/aromatic N) is 4. The van der Waals surface area contributed by atoms with Gasteiger partial charge in [0, 0.05) is 32.1 Å². The van der Waals surface area contributed by atoms with Crippen LogP contribution in [0, 0.1) is 5.82 Å². The van der Waals surface area contributed by atoms with Gasteiger partial charge in [0.2, 0.25) is 5.92 Å². The van der Waals surface area contributed by atoms with Gasteiger partial charge in [-0.25, -0.2) is 23.2 Å². The maximum absolute atomic E-state index is 14.5. The Kier molecular flexibility index (Phi) is 6.07. The van der Waals surface area contributed by atoms with Gasteiger partial charge in [-0.15, -0.1) is 0 Å². The Bertz CT molecular complexity index is 944. The highest BCUT2D eigenvalue weighted by atomic mass is 19.3. The van der Waals surface area contributed by atoms with Gasteiger partial charge in [0.15, 0.2) is 23.2 Å². The van der Waals surface area contributed by atoms with Crippen molar-refractivity contribution in [3.63, 3.8) is 0 Å². The second-order valence-electron chi connectivity index (χ2n) is 8.02. The summed E-state index contributed by atoms with van der Waals surface area (Å²) in [5.41, 5.74) is 1.48. The number of alkyl halides is 2. The second kappa shape index (κ2) is 8.77. The summed E-state index contributed by atoms with van der Waals surface area (Å²) in [5, 5.41) is 0. The molecule has 0 N–H and O–H groups in total. The molecule has 0 aromatic heterocycles. The predicted molar refractivity (Wildman–Crippen MR) is 116 cm³/mol. The summed E-state index contributed by atoms with van der Waals surface area (Å²) < 4.78 is 46.7. The van der Waals surface area contributed by atoms with Crippen molar-refractivity contribution < 1.29 is 17.9 Å². The summed E-state index contributed by atoms with van der Waals surface area (Å²) in [6.07, 6.45) is 5.18. The zero-order valence-electron chi connectivity index (χ0n) is 17.8. The van der Waals surface area contributed by atoms with E-state index in [1.807, 2.05) is 6.20 Å². The molecule has 2 aliphatic heterocycles. The minimum absolute atomic E-state index is 0.0974. The number of benzene rings is 1. The van der Waals surface area contributed by atoms with Crippen molar-refractivity contribution in [1.29, 1.82) is 0 Å². The molecule has 0 unspecified atom stereocenters. The van der Waals surface area contributed by atoms with E-state index in [0.717, 1.165) is 31.3 Å². The molecular formula is C23H27F3N4O. The molecule has 3 aliphatic rings. The minimum Gasteiger partial charge on any atom is -0.487 e. The van der Waals surface area contributed by atoms with Crippen LogP contribution in [0.2, 0.25) is 0 Å². The van der Waals surface area contributed by atoms with Gasteiger partial charge in [-0.3, -0.25) is 0 Å². The fourth-order valence-corrected chi connectivity index (χ4v) is 3.90. The molecule has 0 radical (unpaired) electrons. The van der Waals surface area contributed by atoms with Crippen LogP contribution in [0.25, 0.3) is 6.08 Å². The van der Waals surface area contributed by atoms with Crippen LogP contribution in [0.1, 0.15) is 45.1 Å². The highest BCUT2D eigenvalue weighted by Crippen LogP contribution is 2.35. The van der Waals surface area contributed by atoms with E-state index in [4.69, 9.17) is 4.74 Å². The zero-order chi connectivity index (χ0) is 22.0. The number of halogens is 3. The molecule has 8 heteroatoms. The molecular weight excluding hydrogens is 405 g/mol. The van der Waals surface area contributed by atoms with E-state index in [2.05, 4.69) is 33.6 Å². The molecule has 1 aromatic rings. The summed E-state index contributed by atoms with van der Waals surface area (Å²) in [4.78, 5) is 13.5. The van der Waals surface area contributed by atoms with E-state index in [9.17, 15) is 13.2 Å². The smallest absolute Gasteiger partial charge is 0.248 e. The van der Waals surface area contributed by atoms with Crippen molar-refractivity contribution in [2.75, 3.05) is 19.8 Å². The maximum Gasteiger partial charge on any atom is 0.248 e. The summed E-state index contributed by atoms with van der Waals surface area (Å²) in [7, 11) is 0. The largest absolute Gasteiger partial charge is 0.487 e. The van der Waals surface area contributed by atoms with Crippen molar-refractivity contribution in [1.82, 2.24) is 9.80 Å². The number of hydrogen-bond acceptors (Lipinski definition) is 5. The number of rotatable bonds is 6. The number of amidine groups is 2. The van der Waals surface area contributed by atoms with Crippen LogP contribution in [-0.2, 0) is 0 Å². The fraction of sp³-hybridized carbons (Fsp3) is 0.478. The highest BCUT2D eigenvalue weighted by molar-refractivity contribution is 6.16. The van der Waals surface area contributed by atoms with E-state index in [-0.39, 0.29) is 37.5 Å². The van der Waals surface area contributed by atoms with Crippen molar-refractivity contribution in [3.8, 4) is 5.75 Å². The summed E-state index contributed by atoms with van der Waals surface area (Å²) in [5.74, 6) is -1.61. The predicted octanol–water partition coefficient (Wildman–Crippen LogP) is 5.06. The molecule has 0 spiro atoms. The molecule has 1 aromatic carbocycles. The first-order chi connectivity index (χ1) is 14.9. The van der Waals surface area contributed by atoms with Crippen LogP contribution in [-0.4, -0.2) is 53.3 Å². The van der Waals surface area contributed by atoms with E-state index < -0.39 is 11.7 Å². The lowest BCUT2D eigenvalue weighted by Gasteiger charge is -2.33. The second-order valence-corrected chi connectivity index (χ2v) is 8.02. The Balaban J connectivity index is 1.42. The third kappa shape index (κ3) is 4.94. The van der Waals surface area contributed by atoms with Gasteiger partial charge in [0.25, 0.3) is 0 Å². The van der Waals surface area contributed by atoms with Crippen LogP contribution in [0.5, 0.6) is 5.75 Å². The molecule has 1 fully saturated rings. The van der Waals surface area contributed by atoms with Crippen molar-refractivity contribution >= 4 is 17.7 Å². The summed E-state index contributed by atoms with van der Waals surface area (Å²) in [6, 6.07) is 4.65. The highest BCUT2D eigenvalue weighted by Gasteiger charge is 2.36. The molecule has 0 atom stereocenters. The normalized spacial score (nSPS) is 21.1. The van der Waals surface area contributed by atoms with Crippen molar-refractivity contribution in [3.05, 3.63) is 47.6 Å². The first-order valence-corrected chi connectivity index (χ1v) is 10.8. The number of hydrogen-bond donors (Lipinski definition) is 0. The van der Waals surface area contributed by atoms with Crippen molar-refractivity contribution in [2.24, 2.45) is 9.98 Å². The van der Waals surface area contributed by atoms with Crippen molar-refractivity contribution in [2.45, 2.75) is 51.6 Å². The van der Waals surface area contributed by atoms with Gasteiger partial charge in [0.1, 0.15) is 5.70 Å². The Morgan fingerprint density at radius 3 is 2.58 bits per heavy atom. The lowest BCUT2D eigenvalue weighted by atomic mass is 9.94. The molecule has 4 rings (SSSR count). The Labute approximate surface area is 180 Å². The lowest BCUT2D eigenvalue weighted by Crippen LogP contribution is -2.43. The van der Waals surface area contributed by atoms with Crippen LogP contribution < -0.4 is 4.74 Å². The lowest BCUT2D eigenvalue weighted by molar-refractivity contribution is -0.0586. The summed E-state index contributed by atoms with van der Waals surface area (Å²) in [6.45, 7) is 6.69. The van der Waals surface area contributed by atoms with E-state index in [0.29, 0.717) is 11.4 Å². The molecule has 31 heavy (non-hydrogen) atoms. The number of fused-ring (bicyclic) bond motifs is 1. The topological polar surface area (TPSA) is 40.4 Å². The molecule has 2 heterocycles. The number of likely N-dealkylation sites (N-methyl/N-ethyl adjacent to an activating group) is 1. The first-order valence-electron chi connectivity index (χ1n) is 10.8. The molecule has 0 saturated heterocycles. The van der Waals surface area contributed by atoms with Crippen LogP contribution in [0.4, 0.5) is 13.2 Å². The van der Waals surface area contributed by atoms with Crippen LogP contribution in [0.3, 0.4) is 0 Å². The number of ether oxygens (including phenoxy) is 1. The average Bonchev–Trinajstić information content (AvgIpc) is 3.17. The zero-order valence-corrected chi connectivity index (χ0v) is 17.8. The van der Waals surface area contributed by atoms with E-state index in [1.54, 1.807) is 24.3 Å². The van der Waals surface area contributed by atoms with Gasteiger partial charge in [-0.2, -0.15) is 0 Å². The van der Waals surface area contributed by atoms with E-state index in [1.165, 1.54) is 6.07 Å². The van der Waals surface area contributed by atoms with Gasteiger partial charge in [0.05, 0.1) is 12.8 Å². The summed E-state index contributed by atoms with van der Waals surface area (Å²) >= 11 is 0. The standard InChI is InChI=1S/C23H27F3N4O/c1-3-29-14-19-22(30(4-2)15-29)28-21(27-19)8-6-16-5-7-20(18(24)13-16)31-17-9-11-23(25,26)12-10-17/h5-8,13-14,17H,3-4,9-12,15H2,1-2H3. The van der Waals surface area contributed by atoms with Gasteiger partial charge >= 0.3 is 0 Å². The maximum atomic E-state index is 14.5. The Morgan fingerprint density at radius 2 is 1.90 bits per heavy atom. The van der Waals surface area contributed by atoms with Gasteiger partial charge < -0.3 is 14.5 Å². The molecule has 0 amide bonds. The third-order valence-electron chi connectivity index (χ3n) is 5.77. The van der Waals surface area contributed by atoms with Gasteiger partial charge in [-0.05, 0) is 50.5 Å². The Hall–Kier alpha value is -2.77. The monoisotopic (exact) mass is 432 g/mol. The quantitative estimate of drug-likeness (QED) is 0.631. The molecule has 5 nitrogen and oxygen atoms in total. The SMILES string of the molecule is CCN1C=C2N=C(C=Cc3ccc(OC4CCC(F)(F)CC4)c(F)c3)N=C2N(CC)C1. The fourth-order valence-electron chi connectivity index (χ4n) is 3.90. The van der Waals surface area contributed by atoms with Gasteiger partial charge in [-0.1, -0.05) is 12.1 Å². The average molecular weight is 432 g/mol. The molecule has 1 saturated carbocycles. The third-order valence-corrected chi connectivity index (χ3v) is 5.77. The Morgan fingerprint density at radius 1 is 1.13 bits per heavy atom. The minimum atomic E-state index is -2.63. The number of aliphatic imine (C=N–C) groups is 2. The van der Waals surface area contributed by atoms with Crippen LogP contribution >= 0.6 is 0 Å². The van der Waals surface area contributed by atoms with E-state index >= 15 is 0 Å². The molecule has 166 valence electrons. The molecule has 1 aliphatic carbocycles. The first kappa shape index (κ1) is 21.5. The van der Waals surface area contributed by atoms with Crippen LogP contribution in [0.15, 0.2) is 46.2 Å².